The maximum Gasteiger partial charge on any atom is 0.338 e. The maximum absolute atomic E-state index is 13.5. The molecule has 0 spiro atoms. The van der Waals surface area contributed by atoms with E-state index in [1.54, 1.807) is 63.2 Å². The maximum atomic E-state index is 13.5. The molecule has 0 saturated heterocycles. The standard InChI is InChI=1S/C24H24FNO4S/c1-5-26(31(28,29)21-12-6-16(2)22(15-21)24(27)30-4)20-10-7-18(8-11-20)19-9-13-23(25)17(3)14-19/h6-15H,5H2,1-4H3. The number of benzene rings is 3. The molecule has 7 heteroatoms. The number of sulfonamides is 1. The van der Waals surface area contributed by atoms with Crippen molar-refractivity contribution in [1.82, 2.24) is 0 Å². The normalized spacial score (nSPS) is 11.3. The SMILES string of the molecule is CCN(c1ccc(-c2ccc(F)c(C)c2)cc1)S(=O)(=O)c1ccc(C)c(C(=O)OC)c1. The van der Waals surface area contributed by atoms with Crippen molar-refractivity contribution in [2.45, 2.75) is 25.7 Å². The zero-order chi connectivity index (χ0) is 22.8. The second-order valence-electron chi connectivity index (χ2n) is 7.15. The zero-order valence-corrected chi connectivity index (χ0v) is 18.7. The lowest BCUT2D eigenvalue weighted by molar-refractivity contribution is 0.0599. The summed E-state index contributed by atoms with van der Waals surface area (Å²) in [6.07, 6.45) is 0. The highest BCUT2D eigenvalue weighted by molar-refractivity contribution is 7.92. The van der Waals surface area contributed by atoms with E-state index in [1.165, 1.54) is 29.6 Å². The molecule has 5 nitrogen and oxygen atoms in total. The van der Waals surface area contributed by atoms with Crippen LogP contribution in [0, 0.1) is 19.7 Å². The molecule has 0 heterocycles. The number of esters is 1. The Bertz CT molecular complexity index is 1220. The number of hydrogen-bond acceptors (Lipinski definition) is 4. The van der Waals surface area contributed by atoms with Crippen molar-refractivity contribution in [2.24, 2.45) is 0 Å². The van der Waals surface area contributed by atoms with Gasteiger partial charge in [-0.2, -0.15) is 0 Å². The van der Waals surface area contributed by atoms with E-state index in [1.807, 2.05) is 0 Å². The van der Waals surface area contributed by atoms with Crippen molar-refractivity contribution < 1.29 is 22.3 Å². The highest BCUT2D eigenvalue weighted by Crippen LogP contribution is 2.29. The molecule has 0 aliphatic rings. The van der Waals surface area contributed by atoms with Crippen LogP contribution in [0.3, 0.4) is 0 Å². The monoisotopic (exact) mass is 441 g/mol. The minimum Gasteiger partial charge on any atom is -0.465 e. The number of rotatable bonds is 6. The Kier molecular flexibility index (Phi) is 6.45. The summed E-state index contributed by atoms with van der Waals surface area (Å²) in [4.78, 5) is 12.0. The molecule has 0 unspecified atom stereocenters. The number of anilines is 1. The molecule has 0 aliphatic heterocycles. The molecule has 0 aliphatic carbocycles. The Hall–Kier alpha value is -3.19. The van der Waals surface area contributed by atoms with E-state index in [0.717, 1.165) is 11.1 Å². The Balaban J connectivity index is 1.97. The van der Waals surface area contributed by atoms with Gasteiger partial charge in [0.25, 0.3) is 10.0 Å². The smallest absolute Gasteiger partial charge is 0.338 e. The zero-order valence-electron chi connectivity index (χ0n) is 17.8. The van der Waals surface area contributed by atoms with Crippen LogP contribution in [0.1, 0.15) is 28.4 Å². The molecule has 0 amide bonds. The van der Waals surface area contributed by atoms with E-state index in [0.29, 0.717) is 16.8 Å². The quantitative estimate of drug-likeness (QED) is 0.499. The van der Waals surface area contributed by atoms with Gasteiger partial charge >= 0.3 is 5.97 Å². The van der Waals surface area contributed by atoms with Crippen LogP contribution in [0.5, 0.6) is 0 Å². The minimum absolute atomic E-state index is 0.0126. The third kappa shape index (κ3) is 4.46. The fourth-order valence-corrected chi connectivity index (χ4v) is 4.85. The molecule has 0 N–H and O–H groups in total. The fraction of sp³-hybridized carbons (Fsp3) is 0.208. The predicted octanol–water partition coefficient (Wildman–Crippen LogP) is 5.11. The summed E-state index contributed by atoms with van der Waals surface area (Å²) in [7, 11) is -2.64. The molecule has 31 heavy (non-hydrogen) atoms. The Morgan fingerprint density at radius 1 is 0.935 bits per heavy atom. The third-order valence-electron chi connectivity index (χ3n) is 5.14. The van der Waals surface area contributed by atoms with Crippen LogP contribution in [-0.4, -0.2) is 28.0 Å². The lowest BCUT2D eigenvalue weighted by atomic mass is 10.0. The summed E-state index contributed by atoms with van der Waals surface area (Å²) < 4.78 is 46.2. The Morgan fingerprint density at radius 2 is 1.58 bits per heavy atom. The van der Waals surface area contributed by atoms with Gasteiger partial charge in [0.05, 0.1) is 23.3 Å². The van der Waals surface area contributed by atoms with E-state index in [9.17, 15) is 17.6 Å². The van der Waals surface area contributed by atoms with E-state index in [-0.39, 0.29) is 22.8 Å². The van der Waals surface area contributed by atoms with Crippen molar-refractivity contribution in [2.75, 3.05) is 18.0 Å². The first kappa shape index (κ1) is 22.5. The number of methoxy groups -OCH3 is 1. The van der Waals surface area contributed by atoms with Crippen LogP contribution >= 0.6 is 0 Å². The van der Waals surface area contributed by atoms with Gasteiger partial charge < -0.3 is 4.74 Å². The highest BCUT2D eigenvalue weighted by Gasteiger charge is 2.25. The van der Waals surface area contributed by atoms with Crippen LogP contribution in [0.15, 0.2) is 65.6 Å². The molecule has 0 bridgehead atoms. The molecule has 162 valence electrons. The summed E-state index contributed by atoms with van der Waals surface area (Å²) in [6, 6.07) is 16.3. The van der Waals surface area contributed by atoms with Gasteiger partial charge in [0, 0.05) is 6.54 Å². The molecule has 0 radical (unpaired) electrons. The van der Waals surface area contributed by atoms with Gasteiger partial charge in [0.1, 0.15) is 5.82 Å². The molecule has 3 rings (SSSR count). The van der Waals surface area contributed by atoms with Gasteiger partial charge in [-0.05, 0) is 79.4 Å². The first-order valence-electron chi connectivity index (χ1n) is 9.77. The Morgan fingerprint density at radius 3 is 2.16 bits per heavy atom. The molecule has 0 saturated carbocycles. The number of carbonyl (C=O) groups is 1. The van der Waals surface area contributed by atoms with Gasteiger partial charge in [-0.15, -0.1) is 0 Å². The van der Waals surface area contributed by atoms with E-state index >= 15 is 0 Å². The van der Waals surface area contributed by atoms with Crippen molar-refractivity contribution >= 4 is 21.7 Å². The van der Waals surface area contributed by atoms with Crippen LogP contribution in [-0.2, 0) is 14.8 Å². The van der Waals surface area contributed by atoms with Crippen molar-refractivity contribution in [3.8, 4) is 11.1 Å². The molecule has 0 atom stereocenters. The first-order valence-corrected chi connectivity index (χ1v) is 11.2. The lowest BCUT2D eigenvalue weighted by Gasteiger charge is -2.23. The van der Waals surface area contributed by atoms with Crippen molar-refractivity contribution in [3.05, 3.63) is 83.2 Å². The number of nitrogens with zero attached hydrogens (tertiary/aromatic N) is 1. The molecular weight excluding hydrogens is 417 g/mol. The third-order valence-corrected chi connectivity index (χ3v) is 7.04. The van der Waals surface area contributed by atoms with Crippen molar-refractivity contribution in [1.29, 1.82) is 0 Å². The second kappa shape index (κ2) is 8.89. The summed E-state index contributed by atoms with van der Waals surface area (Å²) >= 11 is 0. The second-order valence-corrected chi connectivity index (χ2v) is 9.01. The van der Waals surface area contributed by atoms with E-state index < -0.39 is 16.0 Å². The van der Waals surface area contributed by atoms with Gasteiger partial charge in [-0.25, -0.2) is 17.6 Å². The predicted molar refractivity (Wildman–Crippen MR) is 119 cm³/mol. The number of ether oxygens (including phenoxy) is 1. The number of hydrogen-bond donors (Lipinski definition) is 0. The van der Waals surface area contributed by atoms with Crippen LogP contribution in [0.4, 0.5) is 10.1 Å². The van der Waals surface area contributed by atoms with Gasteiger partial charge in [0.2, 0.25) is 0 Å². The van der Waals surface area contributed by atoms with Crippen LogP contribution < -0.4 is 4.31 Å². The van der Waals surface area contributed by atoms with Crippen molar-refractivity contribution in [3.63, 3.8) is 0 Å². The fourth-order valence-electron chi connectivity index (χ4n) is 3.35. The molecule has 3 aromatic carbocycles. The Labute approximate surface area is 182 Å². The first-order chi connectivity index (χ1) is 14.7. The molecule has 3 aromatic rings. The number of carbonyl (C=O) groups excluding carboxylic acids is 1. The average Bonchev–Trinajstić information content (AvgIpc) is 2.76. The van der Waals surface area contributed by atoms with Gasteiger partial charge in [-0.1, -0.05) is 24.3 Å². The lowest BCUT2D eigenvalue weighted by Crippen LogP contribution is -2.31. The minimum atomic E-state index is -3.90. The summed E-state index contributed by atoms with van der Waals surface area (Å²) in [5.41, 5.74) is 3.57. The number of aryl methyl sites for hydroxylation is 2. The highest BCUT2D eigenvalue weighted by atomic mass is 32.2. The molecular formula is C24H24FNO4S. The molecule has 0 aromatic heterocycles. The summed E-state index contributed by atoms with van der Waals surface area (Å²) in [5.74, 6) is -0.857. The van der Waals surface area contributed by atoms with Gasteiger partial charge in [0.15, 0.2) is 0 Å². The topological polar surface area (TPSA) is 63.7 Å². The number of halogens is 1. The van der Waals surface area contributed by atoms with Crippen LogP contribution in [0.25, 0.3) is 11.1 Å². The molecule has 0 fully saturated rings. The van der Waals surface area contributed by atoms with E-state index in [4.69, 9.17) is 4.74 Å². The summed E-state index contributed by atoms with van der Waals surface area (Å²) in [5, 5.41) is 0. The van der Waals surface area contributed by atoms with Crippen LogP contribution in [0.2, 0.25) is 0 Å². The largest absolute Gasteiger partial charge is 0.465 e. The summed E-state index contributed by atoms with van der Waals surface area (Å²) in [6.45, 7) is 5.36. The van der Waals surface area contributed by atoms with Gasteiger partial charge in [-0.3, -0.25) is 4.31 Å². The van der Waals surface area contributed by atoms with E-state index in [2.05, 4.69) is 0 Å². The average molecular weight is 442 g/mol.